The number of anilines is 1. The van der Waals surface area contributed by atoms with Crippen molar-refractivity contribution in [3.63, 3.8) is 0 Å². The second-order valence-electron chi connectivity index (χ2n) is 4.83. The van der Waals surface area contributed by atoms with E-state index in [9.17, 15) is 0 Å². The molecule has 0 heterocycles. The lowest BCUT2D eigenvalue weighted by molar-refractivity contribution is 0.416. The van der Waals surface area contributed by atoms with Gasteiger partial charge in [-0.15, -0.1) is 0 Å². The molecule has 0 fully saturated rings. The molecule has 2 aromatic rings. The number of benzene rings is 2. The molecule has 0 aliphatic carbocycles. The fraction of sp³-hybridized carbons (Fsp3) is 0.250. The van der Waals surface area contributed by atoms with Gasteiger partial charge in [0.1, 0.15) is 5.75 Å². The largest absolute Gasteiger partial charge is 0.495 e. The van der Waals surface area contributed by atoms with Crippen LogP contribution in [0.5, 0.6) is 5.75 Å². The molecule has 0 aliphatic heterocycles. The number of hydrogen-bond donors (Lipinski definition) is 1. The summed E-state index contributed by atoms with van der Waals surface area (Å²) in [5, 5.41) is 4.83. The average molecular weight is 389 g/mol. The van der Waals surface area contributed by atoms with Crippen LogP contribution in [-0.2, 0) is 0 Å². The number of methoxy groups -OCH3 is 1. The van der Waals surface area contributed by atoms with Crippen molar-refractivity contribution in [3.8, 4) is 5.75 Å². The molecule has 0 amide bonds. The molecule has 0 bridgehead atoms. The number of hydrogen-bond acceptors (Lipinski definition) is 2. The van der Waals surface area contributed by atoms with Crippen LogP contribution in [0.2, 0.25) is 10.0 Å². The quantitative estimate of drug-likeness (QED) is 0.668. The number of rotatable bonds is 4. The summed E-state index contributed by atoms with van der Waals surface area (Å²) in [5.41, 5.74) is 2.91. The summed E-state index contributed by atoms with van der Waals surface area (Å²) in [5.74, 6) is 0.714. The SMILES string of the molecule is COc1cc(Cl)c(C)cc1NC(C)c1ccc(Br)cc1Cl. The molecule has 0 saturated carbocycles. The molecular weight excluding hydrogens is 373 g/mol. The highest BCUT2D eigenvalue weighted by atomic mass is 79.9. The van der Waals surface area contributed by atoms with E-state index in [2.05, 4.69) is 28.2 Å². The minimum atomic E-state index is 0.0417. The summed E-state index contributed by atoms with van der Waals surface area (Å²) in [6.45, 7) is 4.02. The zero-order valence-corrected chi connectivity index (χ0v) is 15.1. The number of nitrogens with one attached hydrogen (secondary N) is 1. The fourth-order valence-corrected chi connectivity index (χ4v) is 3.10. The molecule has 0 saturated heterocycles. The van der Waals surface area contributed by atoms with Gasteiger partial charge >= 0.3 is 0 Å². The van der Waals surface area contributed by atoms with Crippen molar-refractivity contribution in [3.05, 3.63) is 56.0 Å². The third kappa shape index (κ3) is 3.85. The second kappa shape index (κ2) is 6.91. The Morgan fingerprint density at radius 3 is 2.48 bits per heavy atom. The Balaban J connectivity index is 2.31. The van der Waals surface area contributed by atoms with Crippen LogP contribution in [0.25, 0.3) is 0 Å². The third-order valence-electron chi connectivity index (χ3n) is 3.28. The van der Waals surface area contributed by atoms with Crippen LogP contribution in [0.4, 0.5) is 5.69 Å². The maximum atomic E-state index is 6.30. The highest BCUT2D eigenvalue weighted by Crippen LogP contribution is 2.35. The first kappa shape index (κ1) is 16.5. The Morgan fingerprint density at radius 2 is 1.86 bits per heavy atom. The summed E-state index contributed by atoms with van der Waals surface area (Å²) in [6.07, 6.45) is 0. The van der Waals surface area contributed by atoms with Crippen LogP contribution in [0.1, 0.15) is 24.1 Å². The number of aryl methyl sites for hydroxylation is 1. The highest BCUT2D eigenvalue weighted by Gasteiger charge is 2.13. The van der Waals surface area contributed by atoms with Gasteiger partial charge in [-0.25, -0.2) is 0 Å². The molecule has 1 atom stereocenters. The van der Waals surface area contributed by atoms with Crippen molar-refractivity contribution in [2.75, 3.05) is 12.4 Å². The van der Waals surface area contributed by atoms with E-state index in [-0.39, 0.29) is 6.04 Å². The maximum Gasteiger partial charge on any atom is 0.143 e. The van der Waals surface area contributed by atoms with Crippen LogP contribution in [0, 0.1) is 6.92 Å². The third-order valence-corrected chi connectivity index (χ3v) is 4.51. The van der Waals surface area contributed by atoms with E-state index in [1.807, 2.05) is 37.3 Å². The van der Waals surface area contributed by atoms with Gasteiger partial charge in [0, 0.05) is 20.6 Å². The Hall–Kier alpha value is -0.900. The molecule has 0 spiro atoms. The highest BCUT2D eigenvalue weighted by molar-refractivity contribution is 9.10. The van der Waals surface area contributed by atoms with Crippen molar-refractivity contribution in [1.82, 2.24) is 0 Å². The zero-order chi connectivity index (χ0) is 15.6. The minimum Gasteiger partial charge on any atom is -0.495 e. The predicted octanol–water partition coefficient (Wildman–Crippen LogP) is 6.25. The topological polar surface area (TPSA) is 21.3 Å². The first-order valence-corrected chi connectivity index (χ1v) is 8.03. The molecule has 0 aliphatic rings. The van der Waals surface area contributed by atoms with Crippen LogP contribution >= 0.6 is 39.1 Å². The predicted molar refractivity (Wildman–Crippen MR) is 93.9 cm³/mol. The summed E-state index contributed by atoms with van der Waals surface area (Å²) >= 11 is 15.8. The molecule has 0 aromatic heterocycles. The minimum absolute atomic E-state index is 0.0417. The van der Waals surface area contributed by atoms with Crippen molar-refractivity contribution in [1.29, 1.82) is 0 Å². The van der Waals surface area contributed by atoms with Gasteiger partial charge in [0.05, 0.1) is 18.8 Å². The fourth-order valence-electron chi connectivity index (χ4n) is 2.11. The Bertz CT molecular complexity index is 661. The van der Waals surface area contributed by atoms with Crippen LogP contribution in [0.3, 0.4) is 0 Å². The van der Waals surface area contributed by atoms with Gasteiger partial charge in [0.25, 0.3) is 0 Å². The van der Waals surface area contributed by atoms with Crippen molar-refractivity contribution >= 4 is 44.8 Å². The summed E-state index contributed by atoms with van der Waals surface area (Å²) in [4.78, 5) is 0. The summed E-state index contributed by atoms with van der Waals surface area (Å²) in [6, 6.07) is 9.70. The summed E-state index contributed by atoms with van der Waals surface area (Å²) < 4.78 is 6.34. The van der Waals surface area contributed by atoms with E-state index in [0.29, 0.717) is 15.8 Å². The normalized spacial score (nSPS) is 12.1. The van der Waals surface area contributed by atoms with E-state index < -0.39 is 0 Å². The Labute approximate surface area is 143 Å². The number of ether oxygens (including phenoxy) is 1. The van der Waals surface area contributed by atoms with Gasteiger partial charge in [0.2, 0.25) is 0 Å². The van der Waals surface area contributed by atoms with E-state index in [1.54, 1.807) is 7.11 Å². The lowest BCUT2D eigenvalue weighted by Gasteiger charge is -2.20. The smallest absolute Gasteiger partial charge is 0.143 e. The zero-order valence-electron chi connectivity index (χ0n) is 12.0. The average Bonchev–Trinajstić information content (AvgIpc) is 2.42. The van der Waals surface area contributed by atoms with Crippen molar-refractivity contribution in [2.45, 2.75) is 19.9 Å². The molecule has 0 radical (unpaired) electrons. The monoisotopic (exact) mass is 387 g/mol. The lowest BCUT2D eigenvalue weighted by atomic mass is 10.1. The van der Waals surface area contributed by atoms with E-state index in [4.69, 9.17) is 27.9 Å². The first-order valence-electron chi connectivity index (χ1n) is 6.48. The van der Waals surface area contributed by atoms with Gasteiger partial charge in [-0.1, -0.05) is 45.2 Å². The van der Waals surface area contributed by atoms with Crippen LogP contribution in [0.15, 0.2) is 34.8 Å². The molecule has 2 rings (SSSR count). The lowest BCUT2D eigenvalue weighted by Crippen LogP contribution is -2.08. The van der Waals surface area contributed by atoms with Crippen molar-refractivity contribution < 1.29 is 4.74 Å². The molecule has 2 aromatic carbocycles. The molecule has 21 heavy (non-hydrogen) atoms. The van der Waals surface area contributed by atoms with Gasteiger partial charge in [-0.2, -0.15) is 0 Å². The van der Waals surface area contributed by atoms with Gasteiger partial charge < -0.3 is 10.1 Å². The van der Waals surface area contributed by atoms with E-state index >= 15 is 0 Å². The molecule has 1 N–H and O–H groups in total. The van der Waals surface area contributed by atoms with Gasteiger partial charge in [0.15, 0.2) is 0 Å². The molecule has 112 valence electrons. The van der Waals surface area contributed by atoms with Crippen LogP contribution in [-0.4, -0.2) is 7.11 Å². The van der Waals surface area contributed by atoms with E-state index in [0.717, 1.165) is 21.3 Å². The maximum absolute atomic E-state index is 6.30. The van der Waals surface area contributed by atoms with E-state index in [1.165, 1.54) is 0 Å². The molecule has 5 heteroatoms. The second-order valence-corrected chi connectivity index (χ2v) is 6.56. The Morgan fingerprint density at radius 1 is 1.14 bits per heavy atom. The standard InChI is InChI=1S/C16H16BrCl2NO/c1-9-6-15(16(21-3)8-13(9)18)20-10(2)12-5-4-11(17)7-14(12)19/h4-8,10,20H,1-3H3. The molecule has 2 nitrogen and oxygen atoms in total. The van der Waals surface area contributed by atoms with Crippen LogP contribution < -0.4 is 10.1 Å². The first-order chi connectivity index (χ1) is 9.92. The van der Waals surface area contributed by atoms with Crippen molar-refractivity contribution in [2.24, 2.45) is 0 Å². The van der Waals surface area contributed by atoms with Gasteiger partial charge in [-0.05, 0) is 43.2 Å². The number of halogens is 3. The molecular formula is C16H16BrCl2NO. The molecule has 1 unspecified atom stereocenters. The summed E-state index contributed by atoms with van der Waals surface area (Å²) in [7, 11) is 1.63. The Kier molecular flexibility index (Phi) is 5.42. The van der Waals surface area contributed by atoms with Gasteiger partial charge in [-0.3, -0.25) is 0 Å².